The normalized spacial score (nSPS) is 12.5. The average molecular weight is 153 g/mol. The zero-order valence-corrected chi connectivity index (χ0v) is 7.31. The van der Waals surface area contributed by atoms with E-state index in [0.29, 0.717) is 6.10 Å². The summed E-state index contributed by atoms with van der Waals surface area (Å²) in [4.78, 5) is 0. The Balaban J connectivity index is 3.05. The molecule has 0 aliphatic rings. The van der Waals surface area contributed by atoms with Crippen LogP contribution in [0.15, 0.2) is 0 Å². The maximum Gasteiger partial charge on any atom is 0.0547 e. The molecule has 0 aliphatic heterocycles. The zero-order chi connectivity index (χ0) is 8.53. The van der Waals surface area contributed by atoms with Crippen LogP contribution in [0.4, 0.5) is 0 Å². The Kier molecular flexibility index (Phi) is 7.29. The van der Waals surface area contributed by atoms with Gasteiger partial charge in [0, 0.05) is 13.0 Å². The molecule has 1 atom stereocenters. The summed E-state index contributed by atoms with van der Waals surface area (Å²) >= 11 is 0. The van der Waals surface area contributed by atoms with Gasteiger partial charge in [0.05, 0.1) is 6.10 Å². The van der Waals surface area contributed by atoms with Crippen LogP contribution in [0.25, 0.3) is 0 Å². The third-order valence-electron chi connectivity index (χ3n) is 1.48. The van der Waals surface area contributed by atoms with Crippen LogP contribution < -0.4 is 0 Å². The molecule has 1 unspecified atom stereocenters. The van der Waals surface area contributed by atoms with E-state index >= 15 is 0 Å². The lowest BCUT2D eigenvalue weighted by molar-refractivity contribution is 0.0599. The van der Waals surface area contributed by atoms with Crippen molar-refractivity contribution in [1.82, 2.24) is 0 Å². The minimum Gasteiger partial charge on any atom is -0.378 e. The highest BCUT2D eigenvalue weighted by Crippen LogP contribution is 2.01. The lowest BCUT2D eigenvalue weighted by Crippen LogP contribution is -2.08. The molecular formula is C10H17O. The largest absolute Gasteiger partial charge is 0.378 e. The molecule has 0 N–H and O–H groups in total. The maximum atomic E-state index is 5.45. The Morgan fingerprint density at radius 2 is 2.36 bits per heavy atom. The molecular weight excluding hydrogens is 136 g/mol. The highest BCUT2D eigenvalue weighted by molar-refractivity contribution is 4.82. The predicted octanol–water partition coefficient (Wildman–Crippen LogP) is 2.42. The van der Waals surface area contributed by atoms with Gasteiger partial charge in [0.1, 0.15) is 0 Å². The zero-order valence-electron chi connectivity index (χ0n) is 7.31. The summed E-state index contributed by atoms with van der Waals surface area (Å²) in [5.74, 6) is 2.58. The molecule has 1 radical (unpaired) electrons. The molecule has 0 aromatic carbocycles. The van der Waals surface area contributed by atoms with Crippen LogP contribution in [0.2, 0.25) is 0 Å². The minimum atomic E-state index is 0.338. The van der Waals surface area contributed by atoms with Gasteiger partial charge < -0.3 is 4.74 Å². The Morgan fingerprint density at radius 3 is 2.91 bits per heavy atom. The number of hydrogen-bond donors (Lipinski definition) is 0. The van der Waals surface area contributed by atoms with Crippen LogP contribution in [-0.2, 0) is 4.74 Å². The van der Waals surface area contributed by atoms with Gasteiger partial charge in [-0.3, -0.25) is 0 Å². The van der Waals surface area contributed by atoms with E-state index in [1.165, 1.54) is 0 Å². The Bertz CT molecular complexity index is 113. The molecule has 0 aliphatic carbocycles. The fourth-order valence-corrected chi connectivity index (χ4v) is 0.830. The van der Waals surface area contributed by atoms with Crippen molar-refractivity contribution >= 4 is 0 Å². The van der Waals surface area contributed by atoms with Crippen molar-refractivity contribution in [2.45, 2.75) is 38.7 Å². The number of hydrogen-bond acceptors (Lipinski definition) is 1. The maximum absolute atomic E-state index is 5.45. The van der Waals surface area contributed by atoms with Crippen molar-refractivity contribution in [3.05, 3.63) is 6.92 Å². The summed E-state index contributed by atoms with van der Waals surface area (Å²) < 4.78 is 5.45. The van der Waals surface area contributed by atoms with Crippen molar-refractivity contribution < 1.29 is 4.74 Å². The van der Waals surface area contributed by atoms with Gasteiger partial charge in [-0.15, -0.1) is 12.3 Å². The first-order valence-electron chi connectivity index (χ1n) is 4.15. The van der Waals surface area contributed by atoms with Crippen molar-refractivity contribution in [2.75, 3.05) is 6.61 Å². The van der Waals surface area contributed by atoms with Gasteiger partial charge >= 0.3 is 0 Å². The first kappa shape index (κ1) is 10.5. The second kappa shape index (κ2) is 7.63. The Labute approximate surface area is 70.1 Å². The molecule has 0 amide bonds. The van der Waals surface area contributed by atoms with Crippen LogP contribution in [0, 0.1) is 19.3 Å². The molecule has 63 valence electrons. The topological polar surface area (TPSA) is 9.23 Å². The van der Waals surface area contributed by atoms with Crippen molar-refractivity contribution in [3.63, 3.8) is 0 Å². The highest BCUT2D eigenvalue weighted by Gasteiger charge is 1.98. The Hall–Kier alpha value is -0.480. The van der Waals surface area contributed by atoms with Crippen LogP contribution >= 0.6 is 0 Å². The van der Waals surface area contributed by atoms with Gasteiger partial charge in [-0.2, -0.15) is 0 Å². The van der Waals surface area contributed by atoms with Crippen LogP contribution in [-0.4, -0.2) is 12.7 Å². The van der Waals surface area contributed by atoms with Crippen LogP contribution in [0.1, 0.15) is 32.6 Å². The van der Waals surface area contributed by atoms with Crippen LogP contribution in [0.5, 0.6) is 0 Å². The van der Waals surface area contributed by atoms with Gasteiger partial charge in [-0.1, -0.05) is 13.3 Å². The standard InChI is InChI=1S/C10H17O/c1-4-6-7-9-11-10(3)8-5-2/h1,10H,2,5-9H2,3H3. The van der Waals surface area contributed by atoms with E-state index < -0.39 is 0 Å². The van der Waals surface area contributed by atoms with E-state index in [1.54, 1.807) is 0 Å². The van der Waals surface area contributed by atoms with Gasteiger partial charge in [0.2, 0.25) is 0 Å². The fraction of sp³-hybridized carbons (Fsp3) is 0.700. The molecule has 11 heavy (non-hydrogen) atoms. The average Bonchev–Trinajstić information content (AvgIpc) is 1.99. The number of ether oxygens (including phenoxy) is 1. The van der Waals surface area contributed by atoms with Crippen molar-refractivity contribution in [3.8, 4) is 12.3 Å². The third-order valence-corrected chi connectivity index (χ3v) is 1.48. The fourth-order valence-electron chi connectivity index (χ4n) is 0.830. The van der Waals surface area contributed by atoms with Crippen LogP contribution in [0.3, 0.4) is 0 Å². The van der Waals surface area contributed by atoms with E-state index in [-0.39, 0.29) is 0 Å². The second-order valence-electron chi connectivity index (χ2n) is 2.63. The molecule has 0 spiro atoms. The molecule has 0 saturated carbocycles. The van der Waals surface area contributed by atoms with E-state index in [9.17, 15) is 0 Å². The smallest absolute Gasteiger partial charge is 0.0547 e. The van der Waals surface area contributed by atoms with Gasteiger partial charge in [0.25, 0.3) is 0 Å². The van der Waals surface area contributed by atoms with Gasteiger partial charge in [-0.25, -0.2) is 0 Å². The number of terminal acetylenes is 1. The summed E-state index contributed by atoms with van der Waals surface area (Å²) in [5, 5.41) is 0. The van der Waals surface area contributed by atoms with Gasteiger partial charge in [0.15, 0.2) is 0 Å². The molecule has 0 bridgehead atoms. The van der Waals surface area contributed by atoms with E-state index in [4.69, 9.17) is 11.2 Å². The van der Waals surface area contributed by atoms with E-state index in [0.717, 1.165) is 32.3 Å². The first-order chi connectivity index (χ1) is 5.31. The SMILES string of the molecule is C#CCCCOC(C)CC[CH2]. The summed E-state index contributed by atoms with van der Waals surface area (Å²) in [6.07, 6.45) is 9.19. The molecule has 1 heteroatoms. The number of unbranched alkanes of at least 4 members (excludes halogenated alkanes) is 1. The summed E-state index contributed by atoms with van der Waals surface area (Å²) in [7, 11) is 0. The number of rotatable bonds is 6. The lowest BCUT2D eigenvalue weighted by atomic mass is 10.2. The Morgan fingerprint density at radius 1 is 1.64 bits per heavy atom. The predicted molar refractivity (Wildman–Crippen MR) is 48.1 cm³/mol. The summed E-state index contributed by atoms with van der Waals surface area (Å²) in [6.45, 7) is 6.61. The minimum absolute atomic E-state index is 0.338. The van der Waals surface area contributed by atoms with Crippen molar-refractivity contribution in [1.29, 1.82) is 0 Å². The molecule has 0 aromatic heterocycles. The molecule has 0 heterocycles. The lowest BCUT2D eigenvalue weighted by Gasteiger charge is -2.10. The van der Waals surface area contributed by atoms with Gasteiger partial charge in [-0.05, 0) is 19.8 Å². The second-order valence-corrected chi connectivity index (χ2v) is 2.63. The molecule has 0 rings (SSSR count). The molecule has 0 fully saturated rings. The van der Waals surface area contributed by atoms with E-state index in [2.05, 4.69) is 19.8 Å². The van der Waals surface area contributed by atoms with E-state index in [1.807, 2.05) is 0 Å². The monoisotopic (exact) mass is 153 g/mol. The summed E-state index contributed by atoms with van der Waals surface area (Å²) in [5.41, 5.74) is 0. The molecule has 0 aromatic rings. The summed E-state index contributed by atoms with van der Waals surface area (Å²) in [6, 6.07) is 0. The highest BCUT2D eigenvalue weighted by atomic mass is 16.5. The molecule has 0 saturated heterocycles. The first-order valence-corrected chi connectivity index (χ1v) is 4.15. The van der Waals surface area contributed by atoms with Crippen molar-refractivity contribution in [2.24, 2.45) is 0 Å². The third kappa shape index (κ3) is 7.42. The quantitative estimate of drug-likeness (QED) is 0.420. The molecule has 1 nitrogen and oxygen atoms in total.